The molecule has 2 atom stereocenters. The summed E-state index contributed by atoms with van der Waals surface area (Å²) in [5.41, 5.74) is 0. The third-order valence-electron chi connectivity index (χ3n) is 4.00. The number of amides is 4. The fourth-order valence-electron chi connectivity index (χ4n) is 2.85. The van der Waals surface area contributed by atoms with E-state index in [1.54, 1.807) is 0 Å². The van der Waals surface area contributed by atoms with E-state index in [1.165, 1.54) is 11.9 Å². The fraction of sp³-hybridized carbons (Fsp3) is 0.643. The van der Waals surface area contributed by atoms with Crippen LogP contribution in [0.4, 0.5) is 4.79 Å². The number of Topliss-reactive ketones (excluding diaryl/α,β-unsaturated/α-hetero) is 1. The van der Waals surface area contributed by atoms with Crippen LogP contribution in [0.3, 0.4) is 0 Å². The molecule has 4 amide bonds. The Kier molecular flexibility index (Phi) is 5.50. The highest BCUT2D eigenvalue weighted by Gasteiger charge is 2.43. The molecule has 2 aliphatic heterocycles. The number of nitrogens with two attached hydrogens (primary N) is 1. The van der Waals surface area contributed by atoms with Gasteiger partial charge in [0, 0.05) is 25.9 Å². The molecule has 0 radical (unpaired) electrons. The van der Waals surface area contributed by atoms with Crippen molar-refractivity contribution in [3.8, 4) is 0 Å². The molecule has 132 valence electrons. The Bertz CT molecular complexity index is 566. The van der Waals surface area contributed by atoms with Gasteiger partial charge in [0.1, 0.15) is 18.1 Å². The van der Waals surface area contributed by atoms with E-state index >= 15 is 0 Å². The summed E-state index contributed by atoms with van der Waals surface area (Å²) in [6.07, 6.45) is 1.30. The molecule has 2 fully saturated rings. The fourth-order valence-corrected chi connectivity index (χ4v) is 2.85. The maximum atomic E-state index is 12.5. The second-order valence-corrected chi connectivity index (χ2v) is 5.90. The molecule has 0 aromatic carbocycles. The van der Waals surface area contributed by atoms with Crippen LogP contribution in [0.2, 0.25) is 0 Å². The first-order valence-electron chi connectivity index (χ1n) is 7.76. The van der Waals surface area contributed by atoms with Gasteiger partial charge in [-0.15, -0.1) is 0 Å². The van der Waals surface area contributed by atoms with E-state index in [0.29, 0.717) is 25.7 Å². The van der Waals surface area contributed by atoms with Crippen LogP contribution in [0.15, 0.2) is 0 Å². The minimum atomic E-state index is -0.961. The van der Waals surface area contributed by atoms with Gasteiger partial charge >= 0.3 is 6.03 Å². The monoisotopic (exact) mass is 339 g/mol. The number of hydrazine groups is 2. The summed E-state index contributed by atoms with van der Waals surface area (Å²) in [4.78, 5) is 59.2. The van der Waals surface area contributed by atoms with E-state index in [9.17, 15) is 24.0 Å². The van der Waals surface area contributed by atoms with Gasteiger partial charge in [0.2, 0.25) is 11.8 Å². The molecule has 3 N–H and O–H groups in total. The molecule has 10 nitrogen and oxygen atoms in total. The maximum absolute atomic E-state index is 12.5. The van der Waals surface area contributed by atoms with E-state index in [0.717, 1.165) is 10.0 Å². The van der Waals surface area contributed by atoms with Gasteiger partial charge in [-0.2, -0.15) is 0 Å². The van der Waals surface area contributed by atoms with Crippen LogP contribution < -0.4 is 11.2 Å². The highest BCUT2D eigenvalue weighted by molar-refractivity contribution is 5.92. The normalized spacial score (nSPS) is 22.6. The molecule has 0 saturated carbocycles. The second kappa shape index (κ2) is 7.39. The van der Waals surface area contributed by atoms with E-state index < -0.39 is 24.0 Å². The van der Waals surface area contributed by atoms with Gasteiger partial charge in [0.05, 0.1) is 6.04 Å². The molecule has 10 heteroatoms. The van der Waals surface area contributed by atoms with Crippen LogP contribution >= 0.6 is 0 Å². The summed E-state index contributed by atoms with van der Waals surface area (Å²) in [6, 6.07) is -2.55. The van der Waals surface area contributed by atoms with Crippen molar-refractivity contribution in [1.29, 1.82) is 0 Å². The smallest absolute Gasteiger partial charge is 0.344 e. The van der Waals surface area contributed by atoms with E-state index in [1.807, 2.05) is 0 Å². The Balaban J connectivity index is 2.19. The van der Waals surface area contributed by atoms with Crippen LogP contribution in [0, 0.1) is 0 Å². The number of rotatable bonds is 5. The zero-order valence-corrected chi connectivity index (χ0v) is 13.4. The summed E-state index contributed by atoms with van der Waals surface area (Å²) >= 11 is 0. The quantitative estimate of drug-likeness (QED) is 0.358. The summed E-state index contributed by atoms with van der Waals surface area (Å²) in [7, 11) is 0. The SMILES string of the molecule is CC(=O)C[C@@H](C=O)NC(=O)[C@@H]1CCCN2C(=O)CCN(N)C(=O)N12. The van der Waals surface area contributed by atoms with Gasteiger partial charge in [-0.05, 0) is 19.8 Å². The molecule has 0 aliphatic carbocycles. The second-order valence-electron chi connectivity index (χ2n) is 5.90. The van der Waals surface area contributed by atoms with Gasteiger partial charge in [-0.3, -0.25) is 19.4 Å². The Morgan fingerprint density at radius 1 is 1.38 bits per heavy atom. The van der Waals surface area contributed by atoms with Crippen molar-refractivity contribution >= 4 is 29.9 Å². The van der Waals surface area contributed by atoms with Crippen molar-refractivity contribution in [3.63, 3.8) is 0 Å². The summed E-state index contributed by atoms with van der Waals surface area (Å²) in [5.74, 6) is 4.51. The summed E-state index contributed by atoms with van der Waals surface area (Å²) in [6.45, 7) is 1.71. The van der Waals surface area contributed by atoms with Crippen LogP contribution in [-0.4, -0.2) is 70.1 Å². The van der Waals surface area contributed by atoms with Gasteiger partial charge in [-0.25, -0.2) is 20.7 Å². The Hall–Kier alpha value is -2.49. The van der Waals surface area contributed by atoms with E-state index in [2.05, 4.69) is 5.32 Å². The number of aldehydes is 1. The molecule has 2 rings (SSSR count). The Morgan fingerprint density at radius 2 is 2.08 bits per heavy atom. The number of carbonyl (C=O) groups is 5. The molecule has 0 aromatic rings. The molecular weight excluding hydrogens is 318 g/mol. The molecule has 2 heterocycles. The molecule has 0 aromatic heterocycles. The highest BCUT2D eigenvalue weighted by Crippen LogP contribution is 2.23. The van der Waals surface area contributed by atoms with Crippen LogP contribution in [0.25, 0.3) is 0 Å². The largest absolute Gasteiger partial charge is 0.353 e. The Labute approximate surface area is 138 Å². The van der Waals surface area contributed by atoms with Crippen LogP contribution in [-0.2, 0) is 19.2 Å². The number of nitrogens with zero attached hydrogens (tertiary/aromatic N) is 3. The van der Waals surface area contributed by atoms with Crippen molar-refractivity contribution in [1.82, 2.24) is 20.3 Å². The first-order chi connectivity index (χ1) is 11.3. The maximum Gasteiger partial charge on any atom is 0.353 e. The van der Waals surface area contributed by atoms with Gasteiger partial charge in [0.25, 0.3) is 0 Å². The molecule has 0 bridgehead atoms. The lowest BCUT2D eigenvalue weighted by molar-refractivity contribution is -0.155. The third-order valence-corrected chi connectivity index (χ3v) is 4.00. The highest BCUT2D eigenvalue weighted by atomic mass is 16.2. The minimum absolute atomic E-state index is 0.0697. The van der Waals surface area contributed by atoms with Crippen molar-refractivity contribution in [3.05, 3.63) is 0 Å². The number of hydrogen-bond donors (Lipinski definition) is 2. The first-order valence-corrected chi connectivity index (χ1v) is 7.76. The molecule has 0 unspecified atom stereocenters. The third kappa shape index (κ3) is 3.70. The van der Waals surface area contributed by atoms with E-state index in [4.69, 9.17) is 5.84 Å². The number of hydrogen-bond acceptors (Lipinski definition) is 6. The topological polar surface area (TPSA) is 133 Å². The molecule has 2 saturated heterocycles. The zero-order chi connectivity index (χ0) is 17.9. The predicted molar refractivity (Wildman–Crippen MR) is 80.8 cm³/mol. The molecule has 2 aliphatic rings. The van der Waals surface area contributed by atoms with Gasteiger partial charge in [-0.1, -0.05) is 0 Å². The lowest BCUT2D eigenvalue weighted by Gasteiger charge is -2.42. The van der Waals surface area contributed by atoms with E-state index in [-0.39, 0.29) is 31.1 Å². The van der Waals surface area contributed by atoms with Gasteiger partial charge < -0.3 is 10.1 Å². The van der Waals surface area contributed by atoms with Crippen molar-refractivity contribution < 1.29 is 24.0 Å². The minimum Gasteiger partial charge on any atom is -0.344 e. The number of fused-ring (bicyclic) bond motifs is 1. The van der Waals surface area contributed by atoms with Crippen LogP contribution in [0.5, 0.6) is 0 Å². The zero-order valence-electron chi connectivity index (χ0n) is 13.4. The van der Waals surface area contributed by atoms with Crippen molar-refractivity contribution in [2.45, 2.75) is 44.7 Å². The van der Waals surface area contributed by atoms with Crippen molar-refractivity contribution in [2.24, 2.45) is 5.84 Å². The standard InChI is InChI=1S/C14H21N5O5/c1-9(21)7-10(8-20)16-13(23)11-3-2-5-18-12(22)4-6-17(15)14(24)19(11)18/h8,10-11H,2-7,15H2,1H3,(H,16,23)/t10-,11-/m0/s1. The number of carbonyl (C=O) groups excluding carboxylic acids is 5. The Morgan fingerprint density at radius 3 is 2.71 bits per heavy atom. The van der Waals surface area contributed by atoms with Crippen molar-refractivity contribution in [2.75, 3.05) is 13.1 Å². The molecule has 0 spiro atoms. The number of urea groups is 1. The lowest BCUT2D eigenvalue weighted by atomic mass is 10.1. The number of nitrogens with one attached hydrogen (secondary N) is 1. The lowest BCUT2D eigenvalue weighted by Crippen LogP contribution is -2.64. The molecular formula is C14H21N5O5. The summed E-state index contributed by atoms with van der Waals surface area (Å²) < 4.78 is 0. The predicted octanol–water partition coefficient (Wildman–Crippen LogP) is -1.44. The van der Waals surface area contributed by atoms with Crippen LogP contribution in [0.1, 0.15) is 32.6 Å². The van der Waals surface area contributed by atoms with Gasteiger partial charge in [0.15, 0.2) is 0 Å². The molecule has 24 heavy (non-hydrogen) atoms. The first kappa shape index (κ1) is 17.9. The average Bonchev–Trinajstić information content (AvgIpc) is 2.66. The summed E-state index contributed by atoms with van der Waals surface area (Å²) in [5, 5.41) is 5.65. The average molecular weight is 339 g/mol. The number of ketones is 1.